The lowest BCUT2D eigenvalue weighted by Crippen LogP contribution is -2.29. The fourth-order valence-electron chi connectivity index (χ4n) is 2.55. The van der Waals surface area contributed by atoms with Crippen LogP contribution in [0.4, 0.5) is 4.39 Å². The van der Waals surface area contributed by atoms with E-state index in [-0.39, 0.29) is 10.9 Å². The molecule has 0 aromatic heterocycles. The standard InChI is InChI=1S/C12H16FNO2S/c1-3-5-10-11(14-2)8-6-4-7-9(13)12(8)17(10,15)16/h4,6-7,10-11,14H,3,5H2,1-2H3. The van der Waals surface area contributed by atoms with Crippen LogP contribution in [0.15, 0.2) is 23.1 Å². The first-order chi connectivity index (χ1) is 8.04. The zero-order chi connectivity index (χ0) is 12.6. The van der Waals surface area contributed by atoms with Gasteiger partial charge in [-0.3, -0.25) is 0 Å². The van der Waals surface area contributed by atoms with Gasteiger partial charge in [0.2, 0.25) is 0 Å². The average Bonchev–Trinajstić information content (AvgIpc) is 2.49. The second-order valence-electron chi connectivity index (χ2n) is 4.30. The summed E-state index contributed by atoms with van der Waals surface area (Å²) < 4.78 is 38.3. The van der Waals surface area contributed by atoms with Crippen LogP contribution in [0, 0.1) is 5.82 Å². The van der Waals surface area contributed by atoms with E-state index in [9.17, 15) is 12.8 Å². The Morgan fingerprint density at radius 1 is 1.41 bits per heavy atom. The number of sulfone groups is 1. The van der Waals surface area contributed by atoms with Crippen molar-refractivity contribution < 1.29 is 12.8 Å². The number of nitrogens with one attached hydrogen (secondary N) is 1. The van der Waals surface area contributed by atoms with Gasteiger partial charge in [0.1, 0.15) is 10.7 Å². The van der Waals surface area contributed by atoms with E-state index in [2.05, 4.69) is 5.32 Å². The fraction of sp³-hybridized carbons (Fsp3) is 0.500. The van der Waals surface area contributed by atoms with Gasteiger partial charge in [-0.25, -0.2) is 12.8 Å². The Hall–Kier alpha value is -0.940. The highest BCUT2D eigenvalue weighted by atomic mass is 32.2. The average molecular weight is 257 g/mol. The van der Waals surface area contributed by atoms with Gasteiger partial charge in [-0.1, -0.05) is 25.5 Å². The quantitative estimate of drug-likeness (QED) is 0.901. The monoisotopic (exact) mass is 257 g/mol. The van der Waals surface area contributed by atoms with Crippen molar-refractivity contribution in [2.24, 2.45) is 0 Å². The maximum absolute atomic E-state index is 13.7. The highest BCUT2D eigenvalue weighted by Crippen LogP contribution is 2.41. The molecule has 0 bridgehead atoms. The Morgan fingerprint density at radius 3 is 2.71 bits per heavy atom. The van der Waals surface area contributed by atoms with Crippen LogP contribution in [-0.2, 0) is 9.84 Å². The Kier molecular flexibility index (Phi) is 3.23. The van der Waals surface area contributed by atoms with Gasteiger partial charge in [0.05, 0.1) is 11.3 Å². The second kappa shape index (κ2) is 4.38. The van der Waals surface area contributed by atoms with Crippen LogP contribution >= 0.6 is 0 Å². The van der Waals surface area contributed by atoms with Crippen LogP contribution in [0.5, 0.6) is 0 Å². The lowest BCUT2D eigenvalue weighted by atomic mass is 10.0. The van der Waals surface area contributed by atoms with Crippen molar-refractivity contribution in [3.8, 4) is 0 Å². The molecular formula is C12H16FNO2S. The fourth-order valence-corrected chi connectivity index (χ4v) is 4.90. The smallest absolute Gasteiger partial charge is 0.186 e. The Labute approximate surface area is 101 Å². The van der Waals surface area contributed by atoms with Crippen LogP contribution in [0.3, 0.4) is 0 Å². The van der Waals surface area contributed by atoms with E-state index >= 15 is 0 Å². The number of rotatable bonds is 3. The molecule has 17 heavy (non-hydrogen) atoms. The van der Waals surface area contributed by atoms with Crippen molar-refractivity contribution in [1.29, 1.82) is 0 Å². The zero-order valence-corrected chi connectivity index (χ0v) is 10.7. The summed E-state index contributed by atoms with van der Waals surface area (Å²) >= 11 is 0. The van der Waals surface area contributed by atoms with Gasteiger partial charge in [0.25, 0.3) is 0 Å². The van der Waals surface area contributed by atoms with E-state index < -0.39 is 20.9 Å². The highest BCUT2D eigenvalue weighted by molar-refractivity contribution is 7.92. The summed E-state index contributed by atoms with van der Waals surface area (Å²) in [6, 6.07) is 4.15. The zero-order valence-electron chi connectivity index (χ0n) is 9.90. The van der Waals surface area contributed by atoms with Crippen LogP contribution < -0.4 is 5.32 Å². The normalized spacial score (nSPS) is 25.8. The van der Waals surface area contributed by atoms with Gasteiger partial charge < -0.3 is 5.32 Å². The van der Waals surface area contributed by atoms with Gasteiger partial charge in [-0.2, -0.15) is 0 Å². The predicted molar refractivity (Wildman–Crippen MR) is 64.1 cm³/mol. The molecule has 1 aromatic rings. The first kappa shape index (κ1) is 12.5. The van der Waals surface area contributed by atoms with Crippen molar-refractivity contribution >= 4 is 9.84 Å². The summed E-state index contributed by atoms with van der Waals surface area (Å²) in [6.45, 7) is 1.93. The van der Waals surface area contributed by atoms with Crippen molar-refractivity contribution in [2.45, 2.75) is 36.0 Å². The predicted octanol–water partition coefficient (Wildman–Crippen LogP) is 2.04. The molecule has 0 amide bonds. The molecule has 94 valence electrons. The van der Waals surface area contributed by atoms with E-state index in [1.807, 2.05) is 6.92 Å². The molecule has 1 aromatic carbocycles. The minimum Gasteiger partial charge on any atom is -0.312 e. The Bertz CT molecular complexity index is 527. The molecule has 0 aliphatic carbocycles. The molecule has 0 saturated carbocycles. The molecule has 0 saturated heterocycles. The minimum atomic E-state index is -3.54. The van der Waals surface area contributed by atoms with Crippen LogP contribution in [0.1, 0.15) is 31.4 Å². The molecule has 0 spiro atoms. The Morgan fingerprint density at radius 2 is 2.12 bits per heavy atom. The third-order valence-corrected chi connectivity index (χ3v) is 5.58. The second-order valence-corrected chi connectivity index (χ2v) is 6.40. The lowest BCUT2D eigenvalue weighted by Gasteiger charge is -2.17. The topological polar surface area (TPSA) is 46.2 Å². The third-order valence-electron chi connectivity index (χ3n) is 3.27. The molecule has 0 fully saturated rings. The van der Waals surface area contributed by atoms with Gasteiger partial charge in [0.15, 0.2) is 9.84 Å². The van der Waals surface area contributed by atoms with Crippen molar-refractivity contribution in [1.82, 2.24) is 5.32 Å². The summed E-state index contributed by atoms with van der Waals surface area (Å²) in [6.07, 6.45) is 1.31. The van der Waals surface area contributed by atoms with E-state index in [4.69, 9.17) is 0 Å². The minimum absolute atomic E-state index is 0.113. The number of halogens is 1. The molecule has 1 N–H and O–H groups in total. The van der Waals surface area contributed by atoms with Gasteiger partial charge in [-0.15, -0.1) is 0 Å². The van der Waals surface area contributed by atoms with E-state index in [0.717, 1.165) is 6.42 Å². The van der Waals surface area contributed by atoms with Crippen LogP contribution in [-0.4, -0.2) is 20.7 Å². The lowest BCUT2D eigenvalue weighted by molar-refractivity contribution is 0.513. The summed E-state index contributed by atoms with van der Waals surface area (Å²) in [5.74, 6) is -0.638. The van der Waals surface area contributed by atoms with Crippen LogP contribution in [0.2, 0.25) is 0 Å². The Balaban J connectivity index is 2.63. The number of fused-ring (bicyclic) bond motifs is 1. The number of benzene rings is 1. The summed E-state index contributed by atoms with van der Waals surface area (Å²) in [4.78, 5) is -0.113. The maximum Gasteiger partial charge on any atom is 0.186 e. The summed E-state index contributed by atoms with van der Waals surface area (Å²) in [7, 11) is -1.83. The largest absolute Gasteiger partial charge is 0.312 e. The molecule has 5 heteroatoms. The molecule has 2 atom stereocenters. The number of hydrogen-bond donors (Lipinski definition) is 1. The van der Waals surface area contributed by atoms with E-state index in [1.54, 1.807) is 19.2 Å². The summed E-state index contributed by atoms with van der Waals surface area (Å²) in [5.41, 5.74) is 0.561. The number of hydrogen-bond acceptors (Lipinski definition) is 3. The van der Waals surface area contributed by atoms with Gasteiger partial charge in [-0.05, 0) is 25.1 Å². The molecule has 0 radical (unpaired) electrons. The van der Waals surface area contributed by atoms with Crippen molar-refractivity contribution in [3.63, 3.8) is 0 Å². The van der Waals surface area contributed by atoms with Crippen LogP contribution in [0.25, 0.3) is 0 Å². The first-order valence-corrected chi connectivity index (χ1v) is 7.28. The molecule has 2 rings (SSSR count). The van der Waals surface area contributed by atoms with Gasteiger partial charge >= 0.3 is 0 Å². The molecule has 1 aliphatic heterocycles. The molecule has 1 heterocycles. The molecule has 2 unspecified atom stereocenters. The first-order valence-electron chi connectivity index (χ1n) is 5.73. The highest BCUT2D eigenvalue weighted by Gasteiger charge is 2.45. The van der Waals surface area contributed by atoms with Crippen molar-refractivity contribution in [2.75, 3.05) is 7.05 Å². The van der Waals surface area contributed by atoms with Gasteiger partial charge in [0, 0.05) is 0 Å². The molecular weight excluding hydrogens is 241 g/mol. The molecule has 3 nitrogen and oxygen atoms in total. The molecule has 1 aliphatic rings. The summed E-state index contributed by atoms with van der Waals surface area (Å²) in [5, 5.41) is 2.44. The SMILES string of the molecule is CCCC1C(NC)c2cccc(F)c2S1(=O)=O. The third kappa shape index (κ3) is 1.77. The van der Waals surface area contributed by atoms with Crippen molar-refractivity contribution in [3.05, 3.63) is 29.6 Å². The van der Waals surface area contributed by atoms with E-state index in [1.165, 1.54) is 6.07 Å². The van der Waals surface area contributed by atoms with E-state index in [0.29, 0.717) is 12.0 Å². The maximum atomic E-state index is 13.7.